The van der Waals surface area contributed by atoms with E-state index in [-0.39, 0.29) is 30.2 Å². The molecule has 2 aromatic rings. The van der Waals surface area contributed by atoms with Crippen LogP contribution < -0.4 is 5.32 Å². The van der Waals surface area contributed by atoms with Gasteiger partial charge in [-0.3, -0.25) is 9.59 Å². The molecule has 2 atom stereocenters. The Kier molecular flexibility index (Phi) is 4.69. The van der Waals surface area contributed by atoms with Gasteiger partial charge in [0.1, 0.15) is 11.6 Å². The zero-order valence-corrected chi connectivity index (χ0v) is 13.9. The molecule has 128 valence electrons. The van der Waals surface area contributed by atoms with E-state index in [4.69, 9.17) is 4.42 Å². The van der Waals surface area contributed by atoms with Gasteiger partial charge < -0.3 is 14.6 Å². The van der Waals surface area contributed by atoms with E-state index in [1.54, 1.807) is 34.2 Å². The lowest BCUT2D eigenvalue weighted by Crippen LogP contribution is -2.28. The van der Waals surface area contributed by atoms with Crippen LogP contribution in [0, 0.1) is 5.92 Å². The zero-order chi connectivity index (χ0) is 17.1. The van der Waals surface area contributed by atoms with Gasteiger partial charge in [0.15, 0.2) is 0 Å². The van der Waals surface area contributed by atoms with Crippen LogP contribution in [-0.4, -0.2) is 33.0 Å². The Balaban J connectivity index is 1.62. The molecule has 0 aliphatic carbocycles. The Hall–Kier alpha value is -2.57. The highest BCUT2D eigenvalue weighted by atomic mass is 16.3. The second-order valence-corrected chi connectivity index (χ2v) is 6.16. The van der Waals surface area contributed by atoms with Gasteiger partial charge >= 0.3 is 0 Å². The van der Waals surface area contributed by atoms with Crippen LogP contribution in [0.15, 0.2) is 35.1 Å². The summed E-state index contributed by atoms with van der Waals surface area (Å²) in [6, 6.07) is 5.60. The second-order valence-electron chi connectivity index (χ2n) is 6.16. The molecule has 24 heavy (non-hydrogen) atoms. The van der Waals surface area contributed by atoms with Gasteiger partial charge in [0.25, 0.3) is 0 Å². The van der Waals surface area contributed by atoms with Crippen LogP contribution >= 0.6 is 0 Å². The van der Waals surface area contributed by atoms with E-state index >= 15 is 0 Å². The van der Waals surface area contributed by atoms with Crippen molar-refractivity contribution in [1.29, 1.82) is 0 Å². The van der Waals surface area contributed by atoms with Gasteiger partial charge in [0, 0.05) is 19.0 Å². The highest BCUT2D eigenvalue weighted by Crippen LogP contribution is 2.23. The molecule has 3 rings (SSSR count). The highest BCUT2D eigenvalue weighted by Gasteiger charge is 2.35. The number of carbonyl (C=O) groups excluding carboxylic acids is 2. The van der Waals surface area contributed by atoms with Crippen molar-refractivity contribution in [3.8, 4) is 0 Å². The lowest BCUT2D eigenvalue weighted by atomic mass is 10.1. The summed E-state index contributed by atoms with van der Waals surface area (Å²) in [4.78, 5) is 26.3. The van der Waals surface area contributed by atoms with E-state index in [9.17, 15) is 9.59 Å². The third kappa shape index (κ3) is 3.34. The summed E-state index contributed by atoms with van der Waals surface area (Å²) in [5.41, 5.74) is 0. The molecule has 1 aliphatic heterocycles. The number of likely N-dealkylation sites (tertiary alicyclic amines) is 1. The van der Waals surface area contributed by atoms with Crippen molar-refractivity contribution in [3.63, 3.8) is 0 Å². The van der Waals surface area contributed by atoms with Crippen molar-refractivity contribution < 1.29 is 14.0 Å². The van der Waals surface area contributed by atoms with Crippen molar-refractivity contribution in [2.75, 3.05) is 11.9 Å². The third-order valence-corrected chi connectivity index (χ3v) is 4.44. The van der Waals surface area contributed by atoms with Crippen molar-refractivity contribution in [1.82, 2.24) is 14.7 Å². The molecule has 0 spiro atoms. The van der Waals surface area contributed by atoms with Gasteiger partial charge in [0.2, 0.25) is 11.8 Å². The van der Waals surface area contributed by atoms with Gasteiger partial charge in [-0.2, -0.15) is 5.10 Å². The quantitative estimate of drug-likeness (QED) is 0.882. The fourth-order valence-electron chi connectivity index (χ4n) is 2.86. The number of carbonyl (C=O) groups is 2. The van der Waals surface area contributed by atoms with Crippen LogP contribution in [-0.2, 0) is 16.1 Å². The number of furan rings is 1. The Bertz CT molecular complexity index is 707. The van der Waals surface area contributed by atoms with E-state index < -0.39 is 0 Å². The molecule has 2 unspecified atom stereocenters. The van der Waals surface area contributed by atoms with Gasteiger partial charge in [-0.25, -0.2) is 4.68 Å². The second kappa shape index (κ2) is 6.90. The lowest BCUT2D eigenvalue weighted by molar-refractivity contribution is -0.128. The van der Waals surface area contributed by atoms with Crippen molar-refractivity contribution in [3.05, 3.63) is 36.4 Å². The average molecular weight is 330 g/mol. The minimum atomic E-state index is -0.354. The third-order valence-electron chi connectivity index (χ3n) is 4.44. The molecule has 7 heteroatoms. The molecular formula is C17H22N4O3. The maximum atomic E-state index is 12.5. The zero-order valence-electron chi connectivity index (χ0n) is 13.9. The molecule has 2 amide bonds. The first-order valence-corrected chi connectivity index (χ1v) is 8.23. The summed E-state index contributed by atoms with van der Waals surface area (Å²) in [6.07, 6.45) is 4.40. The van der Waals surface area contributed by atoms with E-state index in [2.05, 4.69) is 17.3 Å². The molecule has 0 radical (unpaired) electrons. The lowest BCUT2D eigenvalue weighted by Gasteiger charge is -2.17. The number of hydrogen-bond donors (Lipinski definition) is 1. The Labute approximate surface area is 140 Å². The van der Waals surface area contributed by atoms with E-state index in [1.807, 2.05) is 13.0 Å². The normalized spacial score (nSPS) is 18.8. The van der Waals surface area contributed by atoms with Crippen molar-refractivity contribution in [2.45, 2.75) is 39.3 Å². The molecule has 7 nitrogen and oxygen atoms in total. The number of aromatic nitrogens is 2. The minimum absolute atomic E-state index is 0.0259. The summed E-state index contributed by atoms with van der Waals surface area (Å²) >= 11 is 0. The molecule has 0 saturated carbocycles. The molecule has 1 aliphatic rings. The van der Waals surface area contributed by atoms with Gasteiger partial charge in [-0.1, -0.05) is 6.92 Å². The topological polar surface area (TPSA) is 80.4 Å². The molecule has 3 heterocycles. The van der Waals surface area contributed by atoms with Crippen LogP contribution in [0.25, 0.3) is 0 Å². The number of nitrogens with zero attached hydrogens (tertiary/aromatic N) is 3. The first-order chi connectivity index (χ1) is 11.6. The summed E-state index contributed by atoms with van der Waals surface area (Å²) in [5, 5.41) is 7.17. The summed E-state index contributed by atoms with van der Waals surface area (Å²) < 4.78 is 7.07. The number of anilines is 1. The predicted octanol–water partition coefficient (Wildman–Crippen LogP) is 2.43. The summed E-state index contributed by atoms with van der Waals surface area (Å²) in [5.74, 6) is 0.871. The first kappa shape index (κ1) is 16.3. The van der Waals surface area contributed by atoms with Crippen LogP contribution in [0.5, 0.6) is 0 Å². The smallest absolute Gasteiger partial charge is 0.230 e. The number of nitrogens with one attached hydrogen (secondary N) is 1. The van der Waals surface area contributed by atoms with Gasteiger partial charge in [-0.05, 0) is 25.5 Å². The van der Waals surface area contributed by atoms with Crippen molar-refractivity contribution in [2.24, 2.45) is 5.92 Å². The molecule has 1 fully saturated rings. The predicted molar refractivity (Wildman–Crippen MR) is 88.1 cm³/mol. The maximum absolute atomic E-state index is 12.5. The molecule has 0 aromatic carbocycles. The van der Waals surface area contributed by atoms with Crippen LogP contribution in [0.3, 0.4) is 0 Å². The van der Waals surface area contributed by atoms with Crippen molar-refractivity contribution >= 4 is 17.6 Å². The van der Waals surface area contributed by atoms with E-state index in [0.29, 0.717) is 18.9 Å². The van der Waals surface area contributed by atoms with Crippen LogP contribution in [0.4, 0.5) is 5.82 Å². The average Bonchev–Trinajstić information content (AvgIpc) is 3.29. The van der Waals surface area contributed by atoms with Crippen LogP contribution in [0.1, 0.15) is 38.5 Å². The molecule has 1 N–H and O–H groups in total. The van der Waals surface area contributed by atoms with E-state index in [0.717, 1.165) is 12.2 Å². The first-order valence-electron chi connectivity index (χ1n) is 8.23. The highest BCUT2D eigenvalue weighted by molar-refractivity contribution is 5.96. The molecule has 1 saturated heterocycles. The largest absolute Gasteiger partial charge is 0.467 e. The Morgan fingerprint density at radius 2 is 2.33 bits per heavy atom. The number of rotatable bonds is 6. The Morgan fingerprint density at radius 1 is 1.50 bits per heavy atom. The molecule has 2 aromatic heterocycles. The summed E-state index contributed by atoms with van der Waals surface area (Å²) in [6.45, 7) is 4.93. The van der Waals surface area contributed by atoms with Gasteiger partial charge in [0.05, 0.1) is 31.0 Å². The number of amides is 2. The maximum Gasteiger partial charge on any atom is 0.230 e. The van der Waals surface area contributed by atoms with Gasteiger partial charge in [-0.15, -0.1) is 0 Å². The molecular weight excluding hydrogens is 308 g/mol. The summed E-state index contributed by atoms with van der Waals surface area (Å²) in [7, 11) is 0. The van der Waals surface area contributed by atoms with E-state index in [1.165, 1.54) is 0 Å². The monoisotopic (exact) mass is 330 g/mol. The minimum Gasteiger partial charge on any atom is -0.467 e. The fraction of sp³-hybridized carbons (Fsp3) is 0.471. The number of hydrogen-bond acceptors (Lipinski definition) is 4. The molecule has 0 bridgehead atoms. The van der Waals surface area contributed by atoms with Crippen LogP contribution in [0.2, 0.25) is 0 Å². The standard InChI is InChI=1S/C17H22N4O3/c1-3-12(2)21-15(6-7-18-21)19-17(23)13-9-16(22)20(10-13)11-14-5-4-8-24-14/h4-8,12-13H,3,9-11H2,1-2H3,(H,19,23). The Morgan fingerprint density at radius 3 is 3.04 bits per heavy atom. The fourth-order valence-corrected chi connectivity index (χ4v) is 2.86. The SMILES string of the molecule is CCC(C)n1nccc1NC(=O)C1CC(=O)N(Cc2ccco2)C1.